The summed E-state index contributed by atoms with van der Waals surface area (Å²) in [5.41, 5.74) is 1.58. The second-order valence-electron chi connectivity index (χ2n) is 9.93. The maximum absolute atomic E-state index is 13.5. The van der Waals surface area contributed by atoms with Gasteiger partial charge in [-0.3, -0.25) is 20.1 Å². The third kappa shape index (κ3) is 4.87. The van der Waals surface area contributed by atoms with Gasteiger partial charge in [-0.1, -0.05) is 37.5 Å². The SMILES string of the molecule is COc1ccc(CN2CCCC3(C2)C(=NC2CCCCC2)NC(=O)N3c2cccc(OC)c2)cc1. The number of nitrogens with one attached hydrogen (secondary N) is 1. The molecule has 2 aliphatic heterocycles. The molecule has 3 aliphatic rings. The summed E-state index contributed by atoms with van der Waals surface area (Å²) < 4.78 is 10.8. The minimum absolute atomic E-state index is 0.0980. The van der Waals surface area contributed by atoms with Crippen molar-refractivity contribution in [2.75, 3.05) is 32.2 Å². The number of piperidine rings is 1. The average Bonchev–Trinajstić information content (AvgIpc) is 3.14. The predicted octanol–water partition coefficient (Wildman–Crippen LogP) is 5.00. The number of ether oxygens (including phenoxy) is 2. The number of hydrogen-bond donors (Lipinski definition) is 1. The van der Waals surface area contributed by atoms with Crippen molar-refractivity contribution in [3.8, 4) is 11.5 Å². The van der Waals surface area contributed by atoms with Gasteiger partial charge < -0.3 is 9.47 Å². The van der Waals surface area contributed by atoms with E-state index in [-0.39, 0.29) is 12.1 Å². The molecule has 3 fully saturated rings. The molecule has 1 spiro atoms. The molecule has 7 heteroatoms. The van der Waals surface area contributed by atoms with Crippen LogP contribution in [0.2, 0.25) is 0 Å². The highest BCUT2D eigenvalue weighted by Crippen LogP contribution is 2.39. The standard InChI is InChI=1S/C28H36N4O3/c1-34-24-14-12-21(13-15-24)19-31-17-7-16-28(20-31)26(29-22-8-4-3-5-9-22)30-27(33)32(28)23-10-6-11-25(18-23)35-2/h6,10-15,18,22H,3-5,7-9,16-17,19-20H2,1-2H3,(H,29,30,33). The van der Waals surface area contributed by atoms with Gasteiger partial charge in [-0.05, 0) is 62.1 Å². The number of amidine groups is 1. The number of rotatable bonds is 6. The molecule has 2 aromatic rings. The number of hydrogen-bond acceptors (Lipinski definition) is 5. The largest absolute Gasteiger partial charge is 0.497 e. The number of urea groups is 1. The number of benzene rings is 2. The van der Waals surface area contributed by atoms with Crippen LogP contribution in [0.1, 0.15) is 50.5 Å². The van der Waals surface area contributed by atoms with E-state index in [1.807, 2.05) is 41.3 Å². The number of aliphatic imine (C=N–C) groups is 1. The lowest BCUT2D eigenvalue weighted by atomic mass is 9.85. The zero-order valence-electron chi connectivity index (χ0n) is 20.8. The van der Waals surface area contributed by atoms with E-state index in [1.54, 1.807) is 14.2 Å². The van der Waals surface area contributed by atoms with E-state index < -0.39 is 5.54 Å². The molecule has 186 valence electrons. The Morgan fingerprint density at radius 2 is 1.77 bits per heavy atom. The van der Waals surface area contributed by atoms with Crippen LogP contribution in [0.5, 0.6) is 11.5 Å². The Balaban J connectivity index is 1.49. The Morgan fingerprint density at radius 3 is 2.51 bits per heavy atom. The number of nitrogens with zero attached hydrogens (tertiary/aromatic N) is 3. The Bertz CT molecular complexity index is 1060. The Labute approximate surface area is 208 Å². The molecule has 1 N–H and O–H groups in total. The lowest BCUT2D eigenvalue weighted by molar-refractivity contribution is 0.176. The summed E-state index contributed by atoms with van der Waals surface area (Å²) in [6, 6.07) is 16.3. The molecule has 0 aromatic heterocycles. The zero-order chi connectivity index (χ0) is 24.3. The molecule has 1 saturated carbocycles. The summed E-state index contributed by atoms with van der Waals surface area (Å²) in [6.45, 7) is 2.55. The summed E-state index contributed by atoms with van der Waals surface area (Å²) in [5, 5.41) is 3.20. The van der Waals surface area contributed by atoms with E-state index in [1.165, 1.54) is 24.8 Å². The normalized spacial score (nSPS) is 24.7. The maximum Gasteiger partial charge on any atom is 0.328 e. The van der Waals surface area contributed by atoms with Gasteiger partial charge in [0.2, 0.25) is 0 Å². The van der Waals surface area contributed by atoms with Gasteiger partial charge >= 0.3 is 6.03 Å². The van der Waals surface area contributed by atoms with Crippen molar-refractivity contribution < 1.29 is 14.3 Å². The Hall–Kier alpha value is -3.06. The van der Waals surface area contributed by atoms with Crippen LogP contribution in [0.3, 0.4) is 0 Å². The van der Waals surface area contributed by atoms with E-state index in [0.717, 1.165) is 68.3 Å². The van der Waals surface area contributed by atoms with Gasteiger partial charge in [0.1, 0.15) is 22.9 Å². The monoisotopic (exact) mass is 476 g/mol. The minimum atomic E-state index is -0.508. The van der Waals surface area contributed by atoms with Gasteiger partial charge in [0.25, 0.3) is 0 Å². The van der Waals surface area contributed by atoms with Crippen molar-refractivity contribution in [1.29, 1.82) is 0 Å². The second-order valence-corrected chi connectivity index (χ2v) is 9.93. The van der Waals surface area contributed by atoms with Crippen LogP contribution in [0.4, 0.5) is 10.5 Å². The van der Waals surface area contributed by atoms with Crippen LogP contribution in [-0.2, 0) is 6.54 Å². The molecule has 2 heterocycles. The third-order valence-electron chi connectivity index (χ3n) is 7.61. The van der Waals surface area contributed by atoms with Crippen LogP contribution in [-0.4, -0.2) is 55.7 Å². The molecule has 1 unspecified atom stereocenters. The van der Waals surface area contributed by atoms with Crippen molar-refractivity contribution in [1.82, 2.24) is 10.2 Å². The average molecular weight is 477 g/mol. The van der Waals surface area contributed by atoms with Gasteiger partial charge in [0.15, 0.2) is 0 Å². The molecule has 2 saturated heterocycles. The summed E-state index contributed by atoms with van der Waals surface area (Å²) in [6.07, 6.45) is 7.79. The lowest BCUT2D eigenvalue weighted by Gasteiger charge is -2.45. The smallest absolute Gasteiger partial charge is 0.328 e. The highest BCUT2D eigenvalue weighted by atomic mass is 16.5. The Kier molecular flexibility index (Phi) is 6.95. The van der Waals surface area contributed by atoms with E-state index >= 15 is 0 Å². The van der Waals surface area contributed by atoms with E-state index in [4.69, 9.17) is 14.5 Å². The van der Waals surface area contributed by atoms with Crippen LogP contribution < -0.4 is 19.7 Å². The van der Waals surface area contributed by atoms with Gasteiger partial charge in [-0.2, -0.15) is 0 Å². The number of anilines is 1. The van der Waals surface area contributed by atoms with Crippen molar-refractivity contribution in [2.24, 2.45) is 4.99 Å². The fourth-order valence-electron chi connectivity index (χ4n) is 5.86. The number of carbonyl (C=O) groups excluding carboxylic acids is 1. The molecule has 5 rings (SSSR count). The van der Waals surface area contributed by atoms with Crippen molar-refractivity contribution in [3.05, 3.63) is 54.1 Å². The molecule has 2 aromatic carbocycles. The number of likely N-dealkylation sites (tertiary alicyclic amines) is 1. The van der Waals surface area contributed by atoms with Crippen LogP contribution in [0.15, 0.2) is 53.5 Å². The van der Waals surface area contributed by atoms with Gasteiger partial charge in [-0.15, -0.1) is 0 Å². The van der Waals surface area contributed by atoms with E-state index in [2.05, 4.69) is 22.3 Å². The summed E-state index contributed by atoms with van der Waals surface area (Å²) in [7, 11) is 3.35. The van der Waals surface area contributed by atoms with Gasteiger partial charge in [0, 0.05) is 19.2 Å². The topological polar surface area (TPSA) is 66.4 Å². The first kappa shape index (κ1) is 23.7. The van der Waals surface area contributed by atoms with Gasteiger partial charge in [-0.25, -0.2) is 4.79 Å². The van der Waals surface area contributed by atoms with Crippen LogP contribution >= 0.6 is 0 Å². The lowest BCUT2D eigenvalue weighted by Crippen LogP contribution is -2.60. The molecular formula is C28H36N4O3. The first-order chi connectivity index (χ1) is 17.1. The molecule has 0 bridgehead atoms. The molecule has 0 radical (unpaired) electrons. The molecule has 35 heavy (non-hydrogen) atoms. The minimum Gasteiger partial charge on any atom is -0.497 e. The molecule has 1 atom stereocenters. The Morgan fingerprint density at radius 1 is 1.00 bits per heavy atom. The molecule has 7 nitrogen and oxygen atoms in total. The van der Waals surface area contributed by atoms with Gasteiger partial charge in [0.05, 0.1) is 25.9 Å². The first-order valence-corrected chi connectivity index (χ1v) is 12.8. The number of carbonyl (C=O) groups is 1. The first-order valence-electron chi connectivity index (χ1n) is 12.8. The van der Waals surface area contributed by atoms with Crippen molar-refractivity contribution in [3.63, 3.8) is 0 Å². The zero-order valence-corrected chi connectivity index (χ0v) is 20.8. The highest BCUT2D eigenvalue weighted by Gasteiger charge is 2.53. The number of methoxy groups -OCH3 is 2. The predicted molar refractivity (Wildman–Crippen MR) is 139 cm³/mol. The maximum atomic E-state index is 13.5. The summed E-state index contributed by atoms with van der Waals surface area (Å²) in [5.74, 6) is 2.45. The second kappa shape index (κ2) is 10.3. The van der Waals surface area contributed by atoms with E-state index in [9.17, 15) is 4.79 Å². The molecule has 1 aliphatic carbocycles. The fraction of sp³-hybridized carbons (Fsp3) is 0.500. The molecular weight excluding hydrogens is 440 g/mol. The fourth-order valence-corrected chi connectivity index (χ4v) is 5.86. The van der Waals surface area contributed by atoms with Crippen molar-refractivity contribution >= 4 is 17.6 Å². The van der Waals surface area contributed by atoms with Crippen LogP contribution in [0.25, 0.3) is 0 Å². The third-order valence-corrected chi connectivity index (χ3v) is 7.61. The number of amides is 2. The molecule has 2 amide bonds. The quantitative estimate of drug-likeness (QED) is 0.637. The summed E-state index contributed by atoms with van der Waals surface area (Å²) in [4.78, 5) is 23.1. The highest BCUT2D eigenvalue weighted by molar-refractivity contribution is 6.19. The summed E-state index contributed by atoms with van der Waals surface area (Å²) >= 11 is 0. The van der Waals surface area contributed by atoms with Crippen LogP contribution in [0, 0.1) is 0 Å². The van der Waals surface area contributed by atoms with E-state index in [0.29, 0.717) is 0 Å². The van der Waals surface area contributed by atoms with Crippen molar-refractivity contribution in [2.45, 2.75) is 63.1 Å².